The maximum absolute atomic E-state index is 4.16. The van der Waals surface area contributed by atoms with Crippen molar-refractivity contribution in [3.63, 3.8) is 0 Å². The van der Waals surface area contributed by atoms with E-state index in [4.69, 9.17) is 0 Å². The summed E-state index contributed by atoms with van der Waals surface area (Å²) in [6.45, 7) is 4.37. The summed E-state index contributed by atoms with van der Waals surface area (Å²) in [6, 6.07) is 12.8. The molecule has 0 saturated carbocycles. The van der Waals surface area contributed by atoms with Gasteiger partial charge in [0.2, 0.25) is 0 Å². The summed E-state index contributed by atoms with van der Waals surface area (Å²) >= 11 is 0. The number of aromatic nitrogens is 1. The topological polar surface area (TPSA) is 12.9 Å². The van der Waals surface area contributed by atoms with Crippen molar-refractivity contribution in [1.82, 2.24) is 4.98 Å². The van der Waals surface area contributed by atoms with Crippen LogP contribution in [0.5, 0.6) is 0 Å². The summed E-state index contributed by atoms with van der Waals surface area (Å²) in [5.74, 6) is 0.490. The number of hydrogen-bond donors (Lipinski definition) is 0. The molecule has 1 heteroatoms. The largest absolute Gasteiger partial charge is 0.264 e. The van der Waals surface area contributed by atoms with Crippen LogP contribution in [0.3, 0.4) is 0 Å². The number of nitrogens with zero attached hydrogens (tertiary/aromatic N) is 1. The molecule has 1 heterocycles. The number of pyridine rings is 1. The molecule has 0 N–H and O–H groups in total. The van der Waals surface area contributed by atoms with E-state index in [1.807, 2.05) is 12.4 Å². The van der Waals surface area contributed by atoms with Crippen LogP contribution >= 0.6 is 0 Å². The Morgan fingerprint density at radius 1 is 1.12 bits per heavy atom. The Bertz CT molecular complexity index is 448. The molecular formula is C15H17N. The summed E-state index contributed by atoms with van der Waals surface area (Å²) in [7, 11) is 0. The maximum atomic E-state index is 4.16. The van der Waals surface area contributed by atoms with Gasteiger partial charge in [0.05, 0.1) is 0 Å². The Morgan fingerprint density at radius 2 is 1.88 bits per heavy atom. The van der Waals surface area contributed by atoms with E-state index in [9.17, 15) is 0 Å². The summed E-state index contributed by atoms with van der Waals surface area (Å²) in [5, 5.41) is 0. The molecule has 0 saturated heterocycles. The van der Waals surface area contributed by atoms with Gasteiger partial charge in [0.25, 0.3) is 0 Å². The third-order valence-corrected chi connectivity index (χ3v) is 3.05. The van der Waals surface area contributed by atoms with Crippen LogP contribution in [0.1, 0.15) is 36.0 Å². The van der Waals surface area contributed by atoms with Crippen molar-refractivity contribution in [3.8, 4) is 0 Å². The standard InChI is InChI=1S/C15H17N/c1-3-14(13-7-5-4-6-8-13)15-9-10-16-11-12(15)2/h4-11,14H,3H2,1-2H3. The van der Waals surface area contributed by atoms with E-state index < -0.39 is 0 Å². The van der Waals surface area contributed by atoms with Crippen LogP contribution in [-0.4, -0.2) is 4.98 Å². The predicted molar refractivity (Wildman–Crippen MR) is 67.6 cm³/mol. The van der Waals surface area contributed by atoms with Gasteiger partial charge in [-0.15, -0.1) is 0 Å². The fourth-order valence-corrected chi connectivity index (χ4v) is 2.20. The normalized spacial score (nSPS) is 12.4. The minimum Gasteiger partial charge on any atom is -0.264 e. The quantitative estimate of drug-likeness (QED) is 0.749. The van der Waals surface area contributed by atoms with Gasteiger partial charge in [-0.25, -0.2) is 0 Å². The molecule has 0 radical (unpaired) electrons. The molecule has 2 rings (SSSR count). The first-order chi connectivity index (χ1) is 7.83. The third-order valence-electron chi connectivity index (χ3n) is 3.05. The van der Waals surface area contributed by atoms with E-state index in [0.29, 0.717) is 5.92 Å². The van der Waals surface area contributed by atoms with Gasteiger partial charge in [0, 0.05) is 18.3 Å². The lowest BCUT2D eigenvalue weighted by molar-refractivity contribution is 0.769. The second kappa shape index (κ2) is 4.93. The minimum absolute atomic E-state index is 0.490. The molecule has 0 aliphatic carbocycles. The lowest BCUT2D eigenvalue weighted by atomic mass is 9.87. The van der Waals surface area contributed by atoms with E-state index >= 15 is 0 Å². The lowest BCUT2D eigenvalue weighted by Gasteiger charge is -2.17. The maximum Gasteiger partial charge on any atom is 0.0300 e. The van der Waals surface area contributed by atoms with Crippen LogP contribution in [0.2, 0.25) is 0 Å². The SMILES string of the molecule is CCC(c1ccccc1)c1ccncc1C. The first-order valence-electron chi connectivity index (χ1n) is 5.78. The van der Waals surface area contributed by atoms with Crippen LogP contribution in [0.4, 0.5) is 0 Å². The van der Waals surface area contributed by atoms with E-state index in [-0.39, 0.29) is 0 Å². The Hall–Kier alpha value is -1.63. The van der Waals surface area contributed by atoms with Crippen LogP contribution in [0, 0.1) is 6.92 Å². The molecule has 1 aromatic heterocycles. The van der Waals surface area contributed by atoms with Crippen molar-refractivity contribution in [2.45, 2.75) is 26.2 Å². The summed E-state index contributed by atoms with van der Waals surface area (Å²) in [4.78, 5) is 4.16. The zero-order valence-corrected chi connectivity index (χ0v) is 9.85. The smallest absolute Gasteiger partial charge is 0.0300 e. The molecule has 0 aliphatic heterocycles. The van der Waals surface area contributed by atoms with Crippen molar-refractivity contribution in [1.29, 1.82) is 0 Å². The summed E-state index contributed by atoms with van der Waals surface area (Å²) in [5.41, 5.74) is 4.06. The van der Waals surface area contributed by atoms with Gasteiger partial charge < -0.3 is 0 Å². The zero-order valence-electron chi connectivity index (χ0n) is 9.85. The number of benzene rings is 1. The average molecular weight is 211 g/mol. The first kappa shape index (κ1) is 10.9. The molecular weight excluding hydrogens is 194 g/mol. The molecule has 1 atom stereocenters. The molecule has 0 amide bonds. The van der Waals surface area contributed by atoms with E-state index in [1.54, 1.807) is 0 Å². The third kappa shape index (κ3) is 2.13. The van der Waals surface area contributed by atoms with Crippen molar-refractivity contribution >= 4 is 0 Å². The monoisotopic (exact) mass is 211 g/mol. The van der Waals surface area contributed by atoms with Gasteiger partial charge in [-0.1, -0.05) is 37.3 Å². The fraction of sp³-hybridized carbons (Fsp3) is 0.267. The molecule has 0 fully saturated rings. The average Bonchev–Trinajstić information content (AvgIpc) is 2.34. The van der Waals surface area contributed by atoms with Gasteiger partial charge >= 0.3 is 0 Å². The summed E-state index contributed by atoms with van der Waals surface area (Å²) in [6.07, 6.45) is 4.95. The Morgan fingerprint density at radius 3 is 2.50 bits per heavy atom. The van der Waals surface area contributed by atoms with E-state index in [2.05, 4.69) is 55.2 Å². The van der Waals surface area contributed by atoms with Crippen LogP contribution in [-0.2, 0) is 0 Å². The van der Waals surface area contributed by atoms with Gasteiger partial charge in [-0.3, -0.25) is 4.98 Å². The van der Waals surface area contributed by atoms with Crippen molar-refractivity contribution in [2.75, 3.05) is 0 Å². The predicted octanol–water partition coefficient (Wildman–Crippen LogP) is 3.93. The van der Waals surface area contributed by atoms with Gasteiger partial charge in [-0.2, -0.15) is 0 Å². The Balaban J connectivity index is 2.41. The van der Waals surface area contributed by atoms with Crippen molar-refractivity contribution < 1.29 is 0 Å². The van der Waals surface area contributed by atoms with Crippen LogP contribution < -0.4 is 0 Å². The van der Waals surface area contributed by atoms with E-state index in [1.165, 1.54) is 16.7 Å². The number of aryl methyl sites for hydroxylation is 1. The highest BCUT2D eigenvalue weighted by Gasteiger charge is 2.13. The second-order valence-electron chi connectivity index (χ2n) is 4.10. The highest BCUT2D eigenvalue weighted by atomic mass is 14.6. The highest BCUT2D eigenvalue weighted by molar-refractivity contribution is 5.35. The number of rotatable bonds is 3. The number of hydrogen-bond acceptors (Lipinski definition) is 1. The molecule has 0 spiro atoms. The highest BCUT2D eigenvalue weighted by Crippen LogP contribution is 2.29. The first-order valence-corrected chi connectivity index (χ1v) is 5.78. The fourth-order valence-electron chi connectivity index (χ4n) is 2.20. The Labute approximate surface area is 97.2 Å². The molecule has 82 valence electrons. The molecule has 1 aromatic carbocycles. The molecule has 1 nitrogen and oxygen atoms in total. The molecule has 1 unspecified atom stereocenters. The minimum atomic E-state index is 0.490. The second-order valence-corrected chi connectivity index (χ2v) is 4.10. The molecule has 0 aliphatic rings. The molecule has 0 bridgehead atoms. The van der Waals surface area contributed by atoms with Crippen LogP contribution in [0.15, 0.2) is 48.8 Å². The van der Waals surface area contributed by atoms with Crippen molar-refractivity contribution in [3.05, 3.63) is 65.5 Å². The van der Waals surface area contributed by atoms with Gasteiger partial charge in [0.15, 0.2) is 0 Å². The molecule has 16 heavy (non-hydrogen) atoms. The van der Waals surface area contributed by atoms with Crippen LogP contribution in [0.25, 0.3) is 0 Å². The van der Waals surface area contributed by atoms with E-state index in [0.717, 1.165) is 6.42 Å². The van der Waals surface area contributed by atoms with Gasteiger partial charge in [-0.05, 0) is 36.1 Å². The zero-order chi connectivity index (χ0) is 11.4. The molecule has 2 aromatic rings. The van der Waals surface area contributed by atoms with Gasteiger partial charge in [0.1, 0.15) is 0 Å². The Kier molecular flexibility index (Phi) is 3.35. The lowest BCUT2D eigenvalue weighted by Crippen LogP contribution is -2.02. The van der Waals surface area contributed by atoms with Crippen molar-refractivity contribution in [2.24, 2.45) is 0 Å². The summed E-state index contributed by atoms with van der Waals surface area (Å²) < 4.78 is 0.